The van der Waals surface area contributed by atoms with Gasteiger partial charge in [0.25, 0.3) is 0 Å². The van der Waals surface area contributed by atoms with Gasteiger partial charge in [-0.3, -0.25) is 4.98 Å². The van der Waals surface area contributed by atoms with Gasteiger partial charge in [0.15, 0.2) is 0 Å². The summed E-state index contributed by atoms with van der Waals surface area (Å²) < 4.78 is 37.1. The van der Waals surface area contributed by atoms with Crippen LogP contribution in [0.25, 0.3) is 10.9 Å². The maximum absolute atomic E-state index is 12.4. The maximum Gasteiger partial charge on any atom is 0.403 e. The van der Waals surface area contributed by atoms with Gasteiger partial charge in [0.05, 0.1) is 5.52 Å². The molecule has 0 spiro atoms. The van der Waals surface area contributed by atoms with E-state index in [2.05, 4.69) is 4.98 Å². The van der Waals surface area contributed by atoms with Crippen molar-refractivity contribution in [3.05, 3.63) is 41.6 Å². The van der Waals surface area contributed by atoms with E-state index < -0.39 is 12.2 Å². The predicted molar refractivity (Wildman–Crippen MR) is 64.2 cm³/mol. The molecule has 0 fully saturated rings. The number of pyridine rings is 1. The second-order valence-corrected chi connectivity index (χ2v) is 4.33. The molecule has 0 amide bonds. The Labute approximate surface area is 103 Å². The molecule has 1 aromatic heterocycles. The lowest BCUT2D eigenvalue weighted by Gasteiger charge is -2.15. The SMILES string of the molecule is Cc1ccc2cc(CC(N)C(F)(F)F)ccc2n1. The number of rotatable bonds is 2. The highest BCUT2D eigenvalue weighted by molar-refractivity contribution is 5.79. The normalized spacial score (nSPS) is 13.8. The van der Waals surface area contributed by atoms with Crippen LogP contribution in [0.3, 0.4) is 0 Å². The van der Waals surface area contributed by atoms with E-state index in [0.717, 1.165) is 16.6 Å². The van der Waals surface area contributed by atoms with E-state index in [9.17, 15) is 13.2 Å². The molecule has 0 aliphatic carbocycles. The molecule has 2 nitrogen and oxygen atoms in total. The van der Waals surface area contributed by atoms with Crippen LogP contribution in [0.4, 0.5) is 13.2 Å². The smallest absolute Gasteiger partial charge is 0.320 e. The standard InChI is InChI=1S/C13H13F3N2/c1-8-2-4-10-6-9(3-5-11(10)18-8)7-12(17)13(14,15)16/h2-6,12H,7,17H2,1H3. The van der Waals surface area contributed by atoms with Crippen molar-refractivity contribution in [1.29, 1.82) is 0 Å². The minimum absolute atomic E-state index is 0.215. The second kappa shape index (κ2) is 4.57. The summed E-state index contributed by atoms with van der Waals surface area (Å²) in [5, 5.41) is 0.826. The van der Waals surface area contributed by atoms with Crippen LogP contribution in [0.15, 0.2) is 30.3 Å². The van der Waals surface area contributed by atoms with E-state index in [1.165, 1.54) is 0 Å². The molecule has 18 heavy (non-hydrogen) atoms. The van der Waals surface area contributed by atoms with Crippen molar-refractivity contribution in [2.75, 3.05) is 0 Å². The van der Waals surface area contributed by atoms with Crippen molar-refractivity contribution in [3.8, 4) is 0 Å². The van der Waals surface area contributed by atoms with Crippen molar-refractivity contribution in [2.24, 2.45) is 5.73 Å². The van der Waals surface area contributed by atoms with Crippen molar-refractivity contribution >= 4 is 10.9 Å². The molecular formula is C13H13F3N2. The highest BCUT2D eigenvalue weighted by atomic mass is 19.4. The molecule has 0 radical (unpaired) electrons. The molecule has 1 aromatic carbocycles. The van der Waals surface area contributed by atoms with Gasteiger partial charge in [0.1, 0.15) is 6.04 Å². The fourth-order valence-corrected chi connectivity index (χ4v) is 1.77. The third kappa shape index (κ3) is 2.79. The number of fused-ring (bicyclic) bond motifs is 1. The molecule has 1 atom stereocenters. The largest absolute Gasteiger partial charge is 0.403 e. The first-order chi connectivity index (χ1) is 8.36. The molecule has 0 saturated heterocycles. The number of nitrogens with zero attached hydrogens (tertiary/aromatic N) is 1. The van der Waals surface area contributed by atoms with Gasteiger partial charge < -0.3 is 5.73 Å². The van der Waals surface area contributed by atoms with Gasteiger partial charge in [-0.2, -0.15) is 13.2 Å². The molecule has 0 bridgehead atoms. The Morgan fingerprint density at radius 2 is 1.94 bits per heavy atom. The van der Waals surface area contributed by atoms with Gasteiger partial charge in [-0.05, 0) is 37.1 Å². The first-order valence-corrected chi connectivity index (χ1v) is 5.55. The minimum Gasteiger partial charge on any atom is -0.320 e. The van der Waals surface area contributed by atoms with E-state index in [1.54, 1.807) is 18.2 Å². The summed E-state index contributed by atoms with van der Waals surface area (Å²) in [5.74, 6) is 0. The fourth-order valence-electron chi connectivity index (χ4n) is 1.77. The van der Waals surface area contributed by atoms with Crippen LogP contribution >= 0.6 is 0 Å². The third-order valence-electron chi connectivity index (χ3n) is 2.77. The summed E-state index contributed by atoms with van der Waals surface area (Å²) in [6, 6.07) is 6.92. The number of hydrogen-bond donors (Lipinski definition) is 1. The van der Waals surface area contributed by atoms with Gasteiger partial charge in [-0.25, -0.2) is 0 Å². The predicted octanol–water partition coefficient (Wildman–Crippen LogP) is 2.98. The molecule has 2 rings (SSSR count). The van der Waals surface area contributed by atoms with Crippen LogP contribution in [0.1, 0.15) is 11.3 Å². The lowest BCUT2D eigenvalue weighted by molar-refractivity contribution is -0.147. The number of alkyl halides is 3. The van der Waals surface area contributed by atoms with Crippen molar-refractivity contribution in [2.45, 2.75) is 25.6 Å². The van der Waals surface area contributed by atoms with Crippen LogP contribution in [0, 0.1) is 6.92 Å². The Bertz CT molecular complexity index is 564. The van der Waals surface area contributed by atoms with Crippen molar-refractivity contribution in [1.82, 2.24) is 4.98 Å². The van der Waals surface area contributed by atoms with E-state index >= 15 is 0 Å². The van der Waals surface area contributed by atoms with Gasteiger partial charge in [0.2, 0.25) is 0 Å². The van der Waals surface area contributed by atoms with Crippen LogP contribution in [0.2, 0.25) is 0 Å². The lowest BCUT2D eigenvalue weighted by atomic mass is 10.0. The summed E-state index contributed by atoms with van der Waals surface area (Å²) >= 11 is 0. The molecular weight excluding hydrogens is 241 g/mol. The Hall–Kier alpha value is -1.62. The molecule has 5 heteroatoms. The quantitative estimate of drug-likeness (QED) is 0.894. The monoisotopic (exact) mass is 254 g/mol. The summed E-state index contributed by atoms with van der Waals surface area (Å²) in [6.45, 7) is 1.87. The first-order valence-electron chi connectivity index (χ1n) is 5.55. The summed E-state index contributed by atoms with van der Waals surface area (Å²) in [6.07, 6.45) is -4.58. The van der Waals surface area contributed by atoms with E-state index in [1.807, 2.05) is 19.1 Å². The zero-order valence-electron chi connectivity index (χ0n) is 9.83. The molecule has 0 saturated carbocycles. The highest BCUT2D eigenvalue weighted by Gasteiger charge is 2.36. The topological polar surface area (TPSA) is 38.9 Å². The molecule has 0 aliphatic heterocycles. The average molecular weight is 254 g/mol. The Morgan fingerprint density at radius 3 is 2.61 bits per heavy atom. The number of hydrogen-bond acceptors (Lipinski definition) is 2. The van der Waals surface area contributed by atoms with Gasteiger partial charge in [-0.15, -0.1) is 0 Å². The Morgan fingerprint density at radius 1 is 1.22 bits per heavy atom. The van der Waals surface area contributed by atoms with Crippen LogP contribution < -0.4 is 5.73 Å². The van der Waals surface area contributed by atoms with Crippen LogP contribution in [0.5, 0.6) is 0 Å². The third-order valence-corrected chi connectivity index (χ3v) is 2.77. The molecule has 2 aromatic rings. The van der Waals surface area contributed by atoms with Gasteiger partial charge in [0, 0.05) is 11.1 Å². The highest BCUT2D eigenvalue weighted by Crippen LogP contribution is 2.23. The maximum atomic E-state index is 12.4. The number of aromatic nitrogens is 1. The molecule has 1 heterocycles. The van der Waals surface area contributed by atoms with E-state index in [4.69, 9.17) is 5.73 Å². The van der Waals surface area contributed by atoms with E-state index in [-0.39, 0.29) is 6.42 Å². The number of benzene rings is 1. The van der Waals surface area contributed by atoms with E-state index in [0.29, 0.717) is 5.56 Å². The van der Waals surface area contributed by atoms with Crippen molar-refractivity contribution in [3.63, 3.8) is 0 Å². The van der Waals surface area contributed by atoms with Crippen molar-refractivity contribution < 1.29 is 13.2 Å². The fraction of sp³-hybridized carbons (Fsp3) is 0.308. The number of halogens is 3. The molecule has 1 unspecified atom stereocenters. The Balaban J connectivity index is 2.28. The summed E-state index contributed by atoms with van der Waals surface area (Å²) in [5.41, 5.74) is 7.33. The second-order valence-electron chi connectivity index (χ2n) is 4.33. The average Bonchev–Trinajstić information content (AvgIpc) is 2.28. The number of nitrogens with two attached hydrogens (primary N) is 1. The van der Waals surface area contributed by atoms with Crippen LogP contribution in [-0.2, 0) is 6.42 Å². The summed E-state index contributed by atoms with van der Waals surface area (Å²) in [4.78, 5) is 4.29. The minimum atomic E-state index is -4.36. The van der Waals surface area contributed by atoms with Gasteiger partial charge >= 0.3 is 6.18 Å². The molecule has 2 N–H and O–H groups in total. The zero-order valence-corrected chi connectivity index (χ0v) is 9.83. The first kappa shape index (κ1) is 12.8. The summed E-state index contributed by atoms with van der Waals surface area (Å²) in [7, 11) is 0. The molecule has 96 valence electrons. The van der Waals surface area contributed by atoms with Gasteiger partial charge in [-0.1, -0.05) is 12.1 Å². The Kier molecular flexibility index (Phi) is 3.26. The van der Waals surface area contributed by atoms with Crippen LogP contribution in [-0.4, -0.2) is 17.2 Å². The number of aryl methyl sites for hydroxylation is 1. The molecule has 0 aliphatic rings. The zero-order chi connectivity index (χ0) is 13.3. The lowest BCUT2D eigenvalue weighted by Crippen LogP contribution is -2.39.